The lowest BCUT2D eigenvalue weighted by Gasteiger charge is -2.16. The van der Waals surface area contributed by atoms with E-state index in [1.165, 1.54) is 36.5 Å². The maximum atomic E-state index is 12.4. The molecule has 2 N–H and O–H groups in total. The molecule has 0 rings (SSSR count). The first-order valence-electron chi connectivity index (χ1n) is 8.84. The normalized spacial score (nSPS) is 13.1. The van der Waals surface area contributed by atoms with Gasteiger partial charge in [0.1, 0.15) is 0 Å². The van der Waals surface area contributed by atoms with Gasteiger partial charge in [-0.1, -0.05) is 75.4 Å². The summed E-state index contributed by atoms with van der Waals surface area (Å²) in [6.45, 7) is 20.0. The van der Waals surface area contributed by atoms with Gasteiger partial charge in [0.2, 0.25) is 11.6 Å². The second-order valence-electron chi connectivity index (χ2n) is 5.33. The van der Waals surface area contributed by atoms with Crippen molar-refractivity contribution in [1.82, 2.24) is 10.6 Å². The lowest BCUT2D eigenvalue weighted by Crippen LogP contribution is -2.25. The van der Waals surface area contributed by atoms with Gasteiger partial charge in [0.25, 0.3) is 0 Å². The van der Waals surface area contributed by atoms with E-state index in [1.807, 2.05) is 6.92 Å². The van der Waals surface area contributed by atoms with Gasteiger partial charge in [-0.15, -0.1) is 0 Å². The number of hydrogen-bond acceptors (Lipinski definition) is 4. The van der Waals surface area contributed by atoms with E-state index in [0.717, 1.165) is 0 Å². The molecule has 0 fully saturated rings. The first kappa shape index (κ1) is 25.1. The van der Waals surface area contributed by atoms with Crippen LogP contribution >= 0.6 is 0 Å². The zero-order chi connectivity index (χ0) is 22.1. The molecule has 29 heavy (non-hydrogen) atoms. The van der Waals surface area contributed by atoms with Crippen LogP contribution in [0.3, 0.4) is 0 Å². The molecule has 4 heteroatoms. The van der Waals surface area contributed by atoms with Gasteiger partial charge in [-0.05, 0) is 43.4 Å². The molecule has 0 bridgehead atoms. The van der Waals surface area contributed by atoms with Gasteiger partial charge in [-0.3, -0.25) is 9.59 Å². The van der Waals surface area contributed by atoms with Crippen molar-refractivity contribution in [3.05, 3.63) is 135 Å². The van der Waals surface area contributed by atoms with Crippen LogP contribution in [0.15, 0.2) is 135 Å². The minimum Gasteiger partial charge on any atom is -0.351 e. The van der Waals surface area contributed by atoms with E-state index in [9.17, 15) is 9.59 Å². The molecule has 4 nitrogen and oxygen atoms in total. The van der Waals surface area contributed by atoms with Crippen molar-refractivity contribution in [2.45, 2.75) is 6.92 Å². The molecule has 0 spiro atoms. The molecule has 0 unspecified atom stereocenters. The Kier molecular flexibility index (Phi) is 13.1. The Balaban J connectivity index is 6.15. The van der Waals surface area contributed by atoms with E-state index in [4.69, 9.17) is 0 Å². The van der Waals surface area contributed by atoms with Crippen molar-refractivity contribution in [3.8, 4) is 0 Å². The van der Waals surface area contributed by atoms with E-state index in [2.05, 4.69) is 43.5 Å². The predicted molar refractivity (Wildman–Crippen MR) is 124 cm³/mol. The Morgan fingerprint density at radius 2 is 1.10 bits per heavy atom. The van der Waals surface area contributed by atoms with E-state index in [1.54, 1.807) is 42.5 Å². The Morgan fingerprint density at radius 1 is 0.655 bits per heavy atom. The molecule has 0 saturated heterocycles. The third-order valence-corrected chi connectivity index (χ3v) is 3.23. The first-order valence-corrected chi connectivity index (χ1v) is 8.84. The summed E-state index contributed by atoms with van der Waals surface area (Å²) >= 11 is 0. The summed E-state index contributed by atoms with van der Waals surface area (Å²) in [4.78, 5) is 24.8. The number of nitrogens with one attached hydrogen (secondary N) is 2. The molecule has 0 aliphatic carbocycles. The van der Waals surface area contributed by atoms with Crippen LogP contribution in [0.25, 0.3) is 0 Å². The maximum Gasteiger partial charge on any atom is 0.201 e. The second kappa shape index (κ2) is 15.2. The highest BCUT2D eigenvalue weighted by Gasteiger charge is 2.12. The number of rotatable bonds is 14. The van der Waals surface area contributed by atoms with Crippen molar-refractivity contribution in [3.63, 3.8) is 0 Å². The van der Waals surface area contributed by atoms with Gasteiger partial charge in [-0.2, -0.15) is 0 Å². The predicted octanol–water partition coefficient (Wildman–Crippen LogP) is 4.90. The van der Waals surface area contributed by atoms with Crippen LogP contribution in [0, 0.1) is 0 Å². The van der Waals surface area contributed by atoms with Crippen LogP contribution in [0.5, 0.6) is 0 Å². The van der Waals surface area contributed by atoms with Gasteiger partial charge in [-0.25, -0.2) is 0 Å². The minimum absolute atomic E-state index is 0.262. The van der Waals surface area contributed by atoms with Crippen LogP contribution in [0.4, 0.5) is 0 Å². The molecule has 150 valence electrons. The summed E-state index contributed by atoms with van der Waals surface area (Å²) in [5, 5.41) is 6.09. The maximum absolute atomic E-state index is 12.4. The number of allylic oxidation sites excluding steroid dienone is 13. The van der Waals surface area contributed by atoms with E-state index in [-0.39, 0.29) is 17.3 Å². The molecular weight excluding hydrogens is 360 g/mol. The standard InChI is InChI=1S/C25H28N2O2/c1-7-13-18-24(28)22(16-10-4)26-20(12-6)21(15-9-3)27-23(17-11-5)25(29)19-14-8-2/h7-19,26-27H,1-2,4-6H2,3H3/b15-9-,18-13-,19-14-,21-20-,22-16+,23-17+. The third-order valence-electron chi connectivity index (χ3n) is 3.23. The van der Waals surface area contributed by atoms with Gasteiger partial charge in [0.15, 0.2) is 0 Å². The molecule has 0 radical (unpaired) electrons. The molecule has 0 amide bonds. The van der Waals surface area contributed by atoms with Crippen LogP contribution in [-0.2, 0) is 9.59 Å². The van der Waals surface area contributed by atoms with Crippen molar-refractivity contribution >= 4 is 11.6 Å². The fraction of sp³-hybridized carbons (Fsp3) is 0.0400. The average molecular weight is 389 g/mol. The Hall–Kier alpha value is -3.92. The van der Waals surface area contributed by atoms with Crippen LogP contribution < -0.4 is 10.6 Å². The summed E-state index contributed by atoms with van der Waals surface area (Å²) in [7, 11) is 0. The molecule has 0 aromatic carbocycles. The van der Waals surface area contributed by atoms with E-state index in [0.29, 0.717) is 17.1 Å². The Morgan fingerprint density at radius 3 is 1.45 bits per heavy atom. The highest BCUT2D eigenvalue weighted by Crippen LogP contribution is 2.10. The zero-order valence-electron chi connectivity index (χ0n) is 16.9. The summed E-state index contributed by atoms with van der Waals surface area (Å²) in [5.74, 6) is -0.530. The largest absolute Gasteiger partial charge is 0.351 e. The van der Waals surface area contributed by atoms with Gasteiger partial charge >= 0.3 is 0 Å². The fourth-order valence-electron chi connectivity index (χ4n) is 1.98. The van der Waals surface area contributed by atoms with Gasteiger partial charge in [0, 0.05) is 0 Å². The van der Waals surface area contributed by atoms with Crippen molar-refractivity contribution in [2.24, 2.45) is 0 Å². The first-order chi connectivity index (χ1) is 14.0. The third kappa shape index (κ3) is 9.54. The molecule has 0 aliphatic rings. The molecule has 0 saturated carbocycles. The summed E-state index contributed by atoms with van der Waals surface area (Å²) in [6, 6.07) is 0. The highest BCUT2D eigenvalue weighted by atomic mass is 16.1. The smallest absolute Gasteiger partial charge is 0.201 e. The molecule has 0 heterocycles. The quantitative estimate of drug-likeness (QED) is 0.328. The zero-order valence-corrected chi connectivity index (χ0v) is 16.9. The minimum atomic E-state index is -0.268. The van der Waals surface area contributed by atoms with E-state index < -0.39 is 0 Å². The molecular formula is C25H28N2O2. The SMILES string of the molecule is C=C/C=C\C(=O)/C(=C\C=C)N/C(C=C)=C(/C=C\C)N/C(=C/C=C)C(=O)/C=C\C=C. The number of hydrogen-bond donors (Lipinski definition) is 2. The van der Waals surface area contributed by atoms with Crippen molar-refractivity contribution in [1.29, 1.82) is 0 Å². The topological polar surface area (TPSA) is 58.2 Å². The molecule has 0 aromatic rings. The van der Waals surface area contributed by atoms with Crippen molar-refractivity contribution in [2.75, 3.05) is 0 Å². The number of ketones is 2. The monoisotopic (exact) mass is 388 g/mol. The fourth-order valence-corrected chi connectivity index (χ4v) is 1.98. The number of carbonyl (C=O) groups is 2. The molecule has 0 aromatic heterocycles. The highest BCUT2D eigenvalue weighted by molar-refractivity contribution is 6.04. The summed E-state index contributed by atoms with van der Waals surface area (Å²) in [6.07, 6.45) is 20.1. The second-order valence-corrected chi connectivity index (χ2v) is 5.33. The lowest BCUT2D eigenvalue weighted by atomic mass is 10.2. The molecule has 0 aliphatic heterocycles. The number of carbonyl (C=O) groups excluding carboxylic acids is 2. The van der Waals surface area contributed by atoms with Crippen LogP contribution in [0.1, 0.15) is 6.92 Å². The Labute approximate surface area is 173 Å². The van der Waals surface area contributed by atoms with Crippen LogP contribution in [-0.4, -0.2) is 11.6 Å². The summed E-state index contributed by atoms with van der Waals surface area (Å²) < 4.78 is 0. The van der Waals surface area contributed by atoms with Gasteiger partial charge in [0.05, 0.1) is 22.8 Å². The van der Waals surface area contributed by atoms with E-state index >= 15 is 0 Å². The molecule has 0 atom stereocenters. The summed E-state index contributed by atoms with van der Waals surface area (Å²) in [5.41, 5.74) is 1.60. The lowest BCUT2D eigenvalue weighted by molar-refractivity contribution is -0.112. The van der Waals surface area contributed by atoms with Gasteiger partial charge < -0.3 is 10.6 Å². The van der Waals surface area contributed by atoms with Crippen LogP contribution in [0.2, 0.25) is 0 Å². The van der Waals surface area contributed by atoms with Crippen molar-refractivity contribution < 1.29 is 9.59 Å². The average Bonchev–Trinajstić information content (AvgIpc) is 2.72. The Bertz CT molecular complexity index is 844.